The molecule has 13 rings (SSSR count). The molecular formula is C57H35NS. The third kappa shape index (κ3) is 4.55. The van der Waals surface area contributed by atoms with Gasteiger partial charge in [0.1, 0.15) is 0 Å². The minimum absolute atomic E-state index is 0.383. The van der Waals surface area contributed by atoms with Crippen molar-refractivity contribution in [3.05, 3.63) is 235 Å². The average molecular weight is 766 g/mol. The Bertz CT molecular complexity index is 3470. The topological polar surface area (TPSA) is 3.24 Å². The summed E-state index contributed by atoms with van der Waals surface area (Å²) in [4.78, 5) is 2.51. The van der Waals surface area contributed by atoms with Gasteiger partial charge in [0.2, 0.25) is 0 Å². The molecule has 11 aromatic rings. The quantitative estimate of drug-likeness (QED) is 0.172. The van der Waals surface area contributed by atoms with Gasteiger partial charge in [-0.3, -0.25) is 0 Å². The first kappa shape index (κ1) is 32.8. The number of fused-ring (bicyclic) bond motifs is 16. The SMILES string of the molecule is c1ccc2c(c1)-c1ccccc1C21c2ccccc2-c2cc(N(c3ccc(-c4ccc5ccccc5c4)cc3)c3cc4ccccc4c4c3sc3ccccc34)ccc21. The van der Waals surface area contributed by atoms with E-state index in [1.54, 1.807) is 0 Å². The van der Waals surface area contributed by atoms with Crippen LogP contribution in [-0.4, -0.2) is 0 Å². The maximum absolute atomic E-state index is 2.51. The second kappa shape index (κ2) is 12.4. The average Bonchev–Trinajstić information content (AvgIpc) is 3.94. The maximum Gasteiger partial charge on any atom is 0.0725 e. The number of nitrogens with zero attached hydrogens (tertiary/aromatic N) is 1. The lowest BCUT2D eigenvalue weighted by Crippen LogP contribution is -2.25. The highest BCUT2D eigenvalue weighted by atomic mass is 32.1. The van der Waals surface area contributed by atoms with Crippen LogP contribution in [0, 0.1) is 0 Å². The van der Waals surface area contributed by atoms with Crippen LogP contribution in [0.15, 0.2) is 212 Å². The van der Waals surface area contributed by atoms with E-state index in [1.807, 2.05) is 11.3 Å². The summed E-state index contributed by atoms with van der Waals surface area (Å²) in [5, 5.41) is 7.66. The maximum atomic E-state index is 2.51. The molecule has 0 aliphatic heterocycles. The van der Waals surface area contributed by atoms with Crippen LogP contribution in [0.1, 0.15) is 22.3 Å². The Kier molecular flexibility index (Phi) is 6.87. The first-order valence-electron chi connectivity index (χ1n) is 20.4. The van der Waals surface area contributed by atoms with Crippen molar-refractivity contribution in [2.45, 2.75) is 5.41 Å². The van der Waals surface area contributed by atoms with E-state index in [0.29, 0.717) is 0 Å². The van der Waals surface area contributed by atoms with Crippen molar-refractivity contribution >= 4 is 70.1 Å². The van der Waals surface area contributed by atoms with Gasteiger partial charge in [-0.1, -0.05) is 170 Å². The van der Waals surface area contributed by atoms with Gasteiger partial charge >= 0.3 is 0 Å². The largest absolute Gasteiger partial charge is 0.309 e. The minimum Gasteiger partial charge on any atom is -0.309 e. The molecular weight excluding hydrogens is 731 g/mol. The van der Waals surface area contributed by atoms with Crippen LogP contribution in [0.3, 0.4) is 0 Å². The van der Waals surface area contributed by atoms with Crippen molar-refractivity contribution in [3.8, 4) is 33.4 Å². The molecule has 0 radical (unpaired) electrons. The molecule has 1 spiro atoms. The minimum atomic E-state index is -0.383. The Morgan fingerprint density at radius 1 is 0.356 bits per heavy atom. The fraction of sp³-hybridized carbons (Fsp3) is 0.0175. The summed E-state index contributed by atoms with van der Waals surface area (Å²) in [6.07, 6.45) is 0. The fourth-order valence-corrected chi connectivity index (χ4v) is 11.8. The molecule has 0 bridgehead atoms. The van der Waals surface area contributed by atoms with Crippen molar-refractivity contribution in [1.82, 2.24) is 0 Å². The molecule has 0 fully saturated rings. The molecule has 0 unspecified atom stereocenters. The Morgan fingerprint density at radius 2 is 0.898 bits per heavy atom. The van der Waals surface area contributed by atoms with Crippen LogP contribution in [0.25, 0.3) is 75.1 Å². The van der Waals surface area contributed by atoms with Crippen molar-refractivity contribution in [3.63, 3.8) is 0 Å². The first-order valence-corrected chi connectivity index (χ1v) is 21.2. The third-order valence-electron chi connectivity index (χ3n) is 13.0. The van der Waals surface area contributed by atoms with Crippen molar-refractivity contribution in [2.75, 3.05) is 4.90 Å². The summed E-state index contributed by atoms with van der Waals surface area (Å²) >= 11 is 1.89. The molecule has 59 heavy (non-hydrogen) atoms. The highest BCUT2D eigenvalue weighted by Crippen LogP contribution is 2.63. The van der Waals surface area contributed by atoms with Gasteiger partial charge in [0, 0.05) is 26.8 Å². The normalized spacial score (nSPS) is 13.2. The lowest BCUT2D eigenvalue weighted by Gasteiger charge is -2.31. The predicted octanol–water partition coefficient (Wildman–Crippen LogP) is 15.8. The molecule has 2 aliphatic carbocycles. The van der Waals surface area contributed by atoms with Crippen LogP contribution < -0.4 is 4.90 Å². The first-order chi connectivity index (χ1) is 29.3. The number of hydrogen-bond donors (Lipinski definition) is 0. The molecule has 2 aliphatic rings. The fourth-order valence-electron chi connectivity index (χ4n) is 10.5. The van der Waals surface area contributed by atoms with Crippen LogP contribution >= 0.6 is 11.3 Å². The van der Waals surface area contributed by atoms with Crippen LogP contribution in [-0.2, 0) is 5.41 Å². The molecule has 10 aromatic carbocycles. The van der Waals surface area contributed by atoms with Gasteiger partial charge in [-0.15, -0.1) is 11.3 Å². The van der Waals surface area contributed by atoms with Gasteiger partial charge < -0.3 is 4.90 Å². The molecule has 274 valence electrons. The van der Waals surface area contributed by atoms with Crippen molar-refractivity contribution < 1.29 is 0 Å². The highest BCUT2D eigenvalue weighted by molar-refractivity contribution is 7.26. The van der Waals surface area contributed by atoms with E-state index in [-0.39, 0.29) is 5.41 Å². The zero-order valence-corrected chi connectivity index (χ0v) is 32.9. The van der Waals surface area contributed by atoms with Crippen molar-refractivity contribution in [1.29, 1.82) is 0 Å². The second-order valence-corrected chi connectivity index (χ2v) is 17.0. The van der Waals surface area contributed by atoms with E-state index >= 15 is 0 Å². The summed E-state index contributed by atoms with van der Waals surface area (Å²) in [5.74, 6) is 0. The molecule has 0 saturated carbocycles. The van der Waals surface area contributed by atoms with E-state index in [1.165, 1.54) is 103 Å². The summed E-state index contributed by atoms with van der Waals surface area (Å²) in [6, 6.07) is 79.3. The Balaban J connectivity index is 1.07. The molecule has 1 heterocycles. The molecule has 1 aromatic heterocycles. The smallest absolute Gasteiger partial charge is 0.0725 e. The highest BCUT2D eigenvalue weighted by Gasteiger charge is 2.51. The molecule has 0 amide bonds. The Morgan fingerprint density at radius 3 is 1.63 bits per heavy atom. The van der Waals surface area contributed by atoms with E-state index in [4.69, 9.17) is 0 Å². The van der Waals surface area contributed by atoms with Gasteiger partial charge in [0.05, 0.1) is 15.8 Å². The molecule has 0 N–H and O–H groups in total. The number of benzene rings is 10. The van der Waals surface area contributed by atoms with E-state index in [0.717, 1.165) is 11.4 Å². The lowest BCUT2D eigenvalue weighted by molar-refractivity contribution is 0.794. The molecule has 2 heteroatoms. The number of hydrogen-bond acceptors (Lipinski definition) is 2. The van der Waals surface area contributed by atoms with E-state index in [2.05, 4.69) is 217 Å². The number of thiophene rings is 1. The van der Waals surface area contributed by atoms with Gasteiger partial charge in [-0.05, 0) is 120 Å². The van der Waals surface area contributed by atoms with Crippen LogP contribution in [0.2, 0.25) is 0 Å². The second-order valence-electron chi connectivity index (χ2n) is 16.0. The summed E-state index contributed by atoms with van der Waals surface area (Å²) < 4.78 is 2.59. The van der Waals surface area contributed by atoms with Crippen LogP contribution in [0.4, 0.5) is 17.1 Å². The molecule has 1 nitrogen and oxygen atoms in total. The van der Waals surface area contributed by atoms with E-state index in [9.17, 15) is 0 Å². The van der Waals surface area contributed by atoms with Crippen LogP contribution in [0.5, 0.6) is 0 Å². The monoisotopic (exact) mass is 765 g/mol. The van der Waals surface area contributed by atoms with Gasteiger partial charge in [0.15, 0.2) is 0 Å². The van der Waals surface area contributed by atoms with Gasteiger partial charge in [-0.2, -0.15) is 0 Å². The summed E-state index contributed by atoms with van der Waals surface area (Å²) in [6.45, 7) is 0. The van der Waals surface area contributed by atoms with Gasteiger partial charge in [-0.25, -0.2) is 0 Å². The summed E-state index contributed by atoms with van der Waals surface area (Å²) in [7, 11) is 0. The Hall–Kier alpha value is -7.26. The number of anilines is 3. The molecule has 0 atom stereocenters. The molecule has 0 saturated heterocycles. The van der Waals surface area contributed by atoms with Gasteiger partial charge in [0.25, 0.3) is 0 Å². The lowest BCUT2D eigenvalue weighted by atomic mass is 9.70. The van der Waals surface area contributed by atoms with Crippen molar-refractivity contribution in [2.24, 2.45) is 0 Å². The third-order valence-corrected chi connectivity index (χ3v) is 14.2. The van der Waals surface area contributed by atoms with E-state index < -0.39 is 0 Å². The zero-order valence-electron chi connectivity index (χ0n) is 32.1. The zero-order chi connectivity index (χ0) is 38.7. The number of rotatable bonds is 4. The predicted molar refractivity (Wildman–Crippen MR) is 251 cm³/mol. The Labute approximate surface area is 346 Å². The standard InChI is InChI=1S/C57H35NS/c1-2-14-38-33-39(26-25-36(38)13-1)37-27-29-41(30-28-37)58(53-34-40-15-3-4-16-43(40)55-47-20-8-12-24-54(47)59-56(53)55)42-31-32-52-48(35-42)46-19-7-11-23-51(46)57(52)49-21-9-5-17-44(49)45-18-6-10-22-50(45)57/h1-35H. The summed E-state index contributed by atoms with van der Waals surface area (Å²) in [5.41, 5.74) is 16.2.